The van der Waals surface area contributed by atoms with Crippen molar-refractivity contribution in [3.8, 4) is 17.6 Å². The molecule has 0 amide bonds. The maximum atomic E-state index is 11.3. The number of carbonyl (C=O) groups is 1. The van der Waals surface area contributed by atoms with Gasteiger partial charge in [-0.1, -0.05) is 37.8 Å². The highest BCUT2D eigenvalue weighted by atomic mass is 16.5. The standard InChI is InChI=1S/C19H19NO3.C2H6/c1-20-14-16-7-11-18(12-8-16)23-13-3-4-15-5-9-17(10-6-15)19(21)22-2;1-2/h5-12,20H,13-14H2,1-2H3;1-2H3. The van der Waals surface area contributed by atoms with E-state index in [0.29, 0.717) is 12.2 Å². The second-order valence-corrected chi connectivity index (χ2v) is 4.83. The van der Waals surface area contributed by atoms with Crippen LogP contribution in [0.4, 0.5) is 0 Å². The molecule has 0 fully saturated rings. The number of benzene rings is 2. The van der Waals surface area contributed by atoms with Crippen molar-refractivity contribution < 1.29 is 14.3 Å². The van der Waals surface area contributed by atoms with E-state index in [4.69, 9.17) is 4.74 Å². The lowest BCUT2D eigenvalue weighted by Crippen LogP contribution is -2.04. The number of hydrogen-bond donors (Lipinski definition) is 1. The van der Waals surface area contributed by atoms with Gasteiger partial charge in [-0.05, 0) is 49.0 Å². The molecule has 2 aromatic rings. The van der Waals surface area contributed by atoms with Crippen LogP contribution in [0, 0.1) is 11.8 Å². The molecule has 4 nitrogen and oxygen atoms in total. The molecular weight excluding hydrogens is 314 g/mol. The van der Waals surface area contributed by atoms with Gasteiger partial charge in [0.1, 0.15) is 12.4 Å². The van der Waals surface area contributed by atoms with Gasteiger partial charge in [-0.2, -0.15) is 0 Å². The van der Waals surface area contributed by atoms with Crippen molar-refractivity contribution in [2.75, 3.05) is 20.8 Å². The molecule has 1 N–H and O–H groups in total. The molecule has 0 aliphatic rings. The Labute approximate surface area is 150 Å². The summed E-state index contributed by atoms with van der Waals surface area (Å²) in [5, 5.41) is 3.10. The number of carbonyl (C=O) groups excluding carboxylic acids is 1. The zero-order valence-electron chi connectivity index (χ0n) is 15.3. The summed E-state index contributed by atoms with van der Waals surface area (Å²) in [5.41, 5.74) is 2.54. The first kappa shape index (κ1) is 20.3. The minimum atomic E-state index is -0.352. The average Bonchev–Trinajstić information content (AvgIpc) is 2.68. The molecule has 2 aromatic carbocycles. The molecule has 0 saturated carbocycles. The van der Waals surface area contributed by atoms with E-state index in [1.807, 2.05) is 45.2 Å². The van der Waals surface area contributed by atoms with E-state index >= 15 is 0 Å². The fourth-order valence-corrected chi connectivity index (χ4v) is 1.97. The molecule has 132 valence electrons. The summed E-state index contributed by atoms with van der Waals surface area (Å²) in [5.74, 6) is 6.39. The molecule has 0 atom stereocenters. The number of esters is 1. The zero-order chi connectivity index (χ0) is 18.5. The van der Waals surface area contributed by atoms with Crippen molar-refractivity contribution >= 4 is 5.97 Å². The van der Waals surface area contributed by atoms with Gasteiger partial charge in [0.25, 0.3) is 0 Å². The van der Waals surface area contributed by atoms with E-state index in [1.165, 1.54) is 12.7 Å². The molecule has 0 heterocycles. The molecule has 4 heteroatoms. The van der Waals surface area contributed by atoms with Crippen LogP contribution in [0.1, 0.15) is 35.3 Å². The molecule has 0 aliphatic carbocycles. The molecule has 25 heavy (non-hydrogen) atoms. The Morgan fingerprint density at radius 3 is 2.24 bits per heavy atom. The largest absolute Gasteiger partial charge is 0.481 e. The Hall–Kier alpha value is -2.77. The molecular formula is C21H25NO3. The minimum Gasteiger partial charge on any atom is -0.481 e. The topological polar surface area (TPSA) is 47.6 Å². The SMILES string of the molecule is CC.CNCc1ccc(OCC#Cc2ccc(C(=O)OC)cc2)cc1. The van der Waals surface area contributed by atoms with Gasteiger partial charge < -0.3 is 14.8 Å². The van der Waals surface area contributed by atoms with E-state index < -0.39 is 0 Å². The van der Waals surface area contributed by atoms with Crippen LogP contribution >= 0.6 is 0 Å². The first-order valence-corrected chi connectivity index (χ1v) is 8.26. The normalized spacial score (nSPS) is 9.12. The molecule has 0 unspecified atom stereocenters. The van der Waals surface area contributed by atoms with Crippen LogP contribution in [0.5, 0.6) is 5.75 Å². The molecule has 0 aliphatic heterocycles. The average molecular weight is 339 g/mol. The van der Waals surface area contributed by atoms with Crippen LogP contribution in [0.2, 0.25) is 0 Å². The van der Waals surface area contributed by atoms with Crippen molar-refractivity contribution in [1.82, 2.24) is 5.32 Å². The van der Waals surface area contributed by atoms with Crippen LogP contribution in [0.25, 0.3) is 0 Å². The Bertz CT molecular complexity index is 695. The third kappa shape index (κ3) is 7.11. The van der Waals surface area contributed by atoms with E-state index in [-0.39, 0.29) is 5.97 Å². The quantitative estimate of drug-likeness (QED) is 0.667. The van der Waals surface area contributed by atoms with Gasteiger partial charge in [0, 0.05) is 12.1 Å². The highest BCUT2D eigenvalue weighted by molar-refractivity contribution is 5.89. The van der Waals surface area contributed by atoms with Crippen LogP contribution < -0.4 is 10.1 Å². The Kier molecular flexibility index (Phi) is 9.50. The minimum absolute atomic E-state index is 0.310. The van der Waals surface area contributed by atoms with Crippen molar-refractivity contribution in [3.63, 3.8) is 0 Å². The van der Waals surface area contributed by atoms with E-state index in [2.05, 4.69) is 21.9 Å². The summed E-state index contributed by atoms with van der Waals surface area (Å²) < 4.78 is 10.2. The fraction of sp³-hybridized carbons (Fsp3) is 0.286. The van der Waals surface area contributed by atoms with E-state index in [9.17, 15) is 4.79 Å². The lowest BCUT2D eigenvalue weighted by atomic mass is 10.1. The Morgan fingerprint density at radius 2 is 1.68 bits per heavy atom. The van der Waals surface area contributed by atoms with E-state index in [1.54, 1.807) is 24.3 Å². The van der Waals surface area contributed by atoms with Crippen LogP contribution in [-0.2, 0) is 11.3 Å². The van der Waals surface area contributed by atoms with Crippen LogP contribution in [0.3, 0.4) is 0 Å². The predicted octanol–water partition coefficient (Wildman–Crippen LogP) is 3.65. The van der Waals surface area contributed by atoms with Gasteiger partial charge in [-0.3, -0.25) is 0 Å². The number of hydrogen-bond acceptors (Lipinski definition) is 4. The maximum Gasteiger partial charge on any atom is 0.337 e. The Morgan fingerprint density at radius 1 is 1.04 bits per heavy atom. The summed E-state index contributed by atoms with van der Waals surface area (Å²) in [7, 11) is 3.27. The van der Waals surface area contributed by atoms with Crippen molar-refractivity contribution in [2.45, 2.75) is 20.4 Å². The lowest BCUT2D eigenvalue weighted by Gasteiger charge is -2.03. The van der Waals surface area contributed by atoms with Crippen molar-refractivity contribution in [1.29, 1.82) is 0 Å². The van der Waals surface area contributed by atoms with Crippen LogP contribution in [0.15, 0.2) is 48.5 Å². The first-order valence-electron chi connectivity index (χ1n) is 8.26. The number of methoxy groups -OCH3 is 1. The van der Waals surface area contributed by atoms with Gasteiger partial charge in [-0.25, -0.2) is 4.79 Å². The summed E-state index contributed by atoms with van der Waals surface area (Å²) in [4.78, 5) is 11.3. The molecule has 0 saturated heterocycles. The number of ether oxygens (including phenoxy) is 2. The summed E-state index contributed by atoms with van der Waals surface area (Å²) >= 11 is 0. The lowest BCUT2D eigenvalue weighted by molar-refractivity contribution is 0.0600. The van der Waals surface area contributed by atoms with Gasteiger partial charge >= 0.3 is 5.97 Å². The highest BCUT2D eigenvalue weighted by Crippen LogP contribution is 2.11. The van der Waals surface area contributed by atoms with E-state index in [0.717, 1.165) is 17.9 Å². The molecule has 0 bridgehead atoms. The Balaban J connectivity index is 0.00000151. The van der Waals surface area contributed by atoms with Crippen molar-refractivity contribution in [3.05, 3.63) is 65.2 Å². The smallest absolute Gasteiger partial charge is 0.337 e. The summed E-state index contributed by atoms with van der Waals surface area (Å²) in [6, 6.07) is 14.8. The second kappa shape index (κ2) is 11.7. The van der Waals surface area contributed by atoms with Gasteiger partial charge in [0.2, 0.25) is 0 Å². The summed E-state index contributed by atoms with van der Waals surface area (Å²) in [6.07, 6.45) is 0. The van der Waals surface area contributed by atoms with Gasteiger partial charge in [0.05, 0.1) is 12.7 Å². The van der Waals surface area contributed by atoms with Gasteiger partial charge in [-0.15, -0.1) is 0 Å². The highest BCUT2D eigenvalue weighted by Gasteiger charge is 2.03. The first-order chi connectivity index (χ1) is 12.2. The molecule has 0 aromatic heterocycles. The number of nitrogens with one attached hydrogen (secondary N) is 1. The van der Waals surface area contributed by atoms with Crippen molar-refractivity contribution in [2.24, 2.45) is 0 Å². The zero-order valence-corrected chi connectivity index (χ0v) is 15.3. The predicted molar refractivity (Wildman–Crippen MR) is 101 cm³/mol. The number of rotatable bonds is 5. The molecule has 0 spiro atoms. The third-order valence-electron chi connectivity index (χ3n) is 3.15. The van der Waals surface area contributed by atoms with Gasteiger partial charge in [0.15, 0.2) is 0 Å². The fourth-order valence-electron chi connectivity index (χ4n) is 1.97. The second-order valence-electron chi connectivity index (χ2n) is 4.83. The monoisotopic (exact) mass is 339 g/mol. The van der Waals surface area contributed by atoms with Crippen LogP contribution in [-0.4, -0.2) is 26.7 Å². The molecule has 0 radical (unpaired) electrons. The summed E-state index contributed by atoms with van der Waals surface area (Å²) in [6.45, 7) is 5.14. The molecule has 2 rings (SSSR count). The maximum absolute atomic E-state index is 11.3. The third-order valence-corrected chi connectivity index (χ3v) is 3.15.